The number of nitrogens with one attached hydrogen (secondary N) is 1. The van der Waals surface area contributed by atoms with Gasteiger partial charge in [-0.25, -0.2) is 5.43 Å². The largest absolute Gasteiger partial charge is 0.299 e. The number of ketones is 1. The smallest absolute Gasteiger partial charge is 0.247 e. The molecule has 0 atom stereocenters. The molecule has 0 rings (SSSR count). The Labute approximate surface area is 129 Å². The molecule has 1 amide bonds. The van der Waals surface area contributed by atoms with Gasteiger partial charge in [-0.15, -0.1) is 0 Å². The molecule has 1 N–H and O–H groups in total. The Kier molecular flexibility index (Phi) is 11.8. The number of carbonyl (C=O) groups excluding carboxylic acids is 2. The number of nitrogens with zero attached hydrogens (tertiary/aromatic N) is 1. The first-order valence-electron chi connectivity index (χ1n) is 8.33. The van der Waals surface area contributed by atoms with Gasteiger partial charge in [0.05, 0.1) is 6.42 Å². The van der Waals surface area contributed by atoms with Gasteiger partial charge in [-0.3, -0.25) is 9.59 Å². The lowest BCUT2D eigenvalue weighted by molar-refractivity contribution is -0.130. The average Bonchev–Trinajstić information content (AvgIpc) is 2.43. The van der Waals surface area contributed by atoms with Crippen LogP contribution in [0, 0.1) is 5.92 Å². The number of hydrogen-bond donors (Lipinski definition) is 1. The van der Waals surface area contributed by atoms with E-state index >= 15 is 0 Å². The zero-order valence-corrected chi connectivity index (χ0v) is 14.2. The van der Waals surface area contributed by atoms with Gasteiger partial charge in [-0.1, -0.05) is 52.4 Å². The number of carbonyl (C=O) groups is 2. The van der Waals surface area contributed by atoms with Crippen LogP contribution in [0.3, 0.4) is 0 Å². The molecule has 0 spiro atoms. The molecule has 0 fully saturated rings. The molecular formula is C17H32N2O2. The molecule has 21 heavy (non-hydrogen) atoms. The molecule has 0 unspecified atom stereocenters. The highest BCUT2D eigenvalue weighted by Gasteiger charge is 2.20. The third-order valence-electron chi connectivity index (χ3n) is 3.51. The summed E-state index contributed by atoms with van der Waals surface area (Å²) in [5, 5.41) is 3.85. The van der Waals surface area contributed by atoms with Crippen LogP contribution >= 0.6 is 0 Å². The van der Waals surface area contributed by atoms with E-state index in [0.29, 0.717) is 0 Å². The minimum atomic E-state index is -0.294. The Morgan fingerprint density at radius 3 is 1.90 bits per heavy atom. The van der Waals surface area contributed by atoms with Gasteiger partial charge in [-0.05, 0) is 26.7 Å². The van der Waals surface area contributed by atoms with E-state index in [1.165, 1.54) is 0 Å². The third-order valence-corrected chi connectivity index (χ3v) is 3.51. The Hall–Kier alpha value is -1.19. The molecule has 0 aliphatic rings. The Morgan fingerprint density at radius 1 is 0.952 bits per heavy atom. The van der Waals surface area contributed by atoms with Crippen LogP contribution in [0.5, 0.6) is 0 Å². The topological polar surface area (TPSA) is 58.5 Å². The number of rotatable bonds is 12. The maximum absolute atomic E-state index is 12.3. The molecule has 0 aromatic carbocycles. The fraction of sp³-hybridized carbons (Fsp3) is 0.824. The fourth-order valence-electron chi connectivity index (χ4n) is 2.26. The second-order valence-electron chi connectivity index (χ2n) is 5.93. The predicted molar refractivity (Wildman–Crippen MR) is 88.3 cm³/mol. The van der Waals surface area contributed by atoms with Crippen LogP contribution in [0.25, 0.3) is 0 Å². The van der Waals surface area contributed by atoms with Crippen molar-refractivity contribution in [1.29, 1.82) is 0 Å². The second kappa shape index (κ2) is 12.5. The van der Waals surface area contributed by atoms with Gasteiger partial charge in [0.25, 0.3) is 0 Å². The van der Waals surface area contributed by atoms with Gasteiger partial charge in [0, 0.05) is 11.6 Å². The van der Waals surface area contributed by atoms with Crippen molar-refractivity contribution in [2.75, 3.05) is 0 Å². The first-order chi connectivity index (χ1) is 10.0. The number of hydrogen-bond acceptors (Lipinski definition) is 3. The van der Waals surface area contributed by atoms with Gasteiger partial charge in [0.2, 0.25) is 5.91 Å². The molecule has 4 nitrogen and oxygen atoms in total. The summed E-state index contributed by atoms with van der Waals surface area (Å²) in [6.07, 6.45) is 8.56. The van der Waals surface area contributed by atoms with Crippen LogP contribution in [-0.2, 0) is 9.59 Å². The zero-order valence-electron chi connectivity index (χ0n) is 14.2. The van der Waals surface area contributed by atoms with Crippen molar-refractivity contribution in [3.63, 3.8) is 0 Å². The Bertz CT molecular complexity index is 324. The normalized spacial score (nSPS) is 10.5. The van der Waals surface area contributed by atoms with Gasteiger partial charge in [0.15, 0.2) is 0 Å². The summed E-state index contributed by atoms with van der Waals surface area (Å²) < 4.78 is 0. The van der Waals surface area contributed by atoms with Crippen LogP contribution in [-0.4, -0.2) is 17.4 Å². The molecule has 0 aliphatic carbocycles. The molecule has 0 saturated carbocycles. The van der Waals surface area contributed by atoms with Crippen molar-refractivity contribution in [2.45, 2.75) is 85.5 Å². The van der Waals surface area contributed by atoms with Crippen molar-refractivity contribution in [3.8, 4) is 0 Å². The molecule has 0 bridgehead atoms. The van der Waals surface area contributed by atoms with Crippen LogP contribution < -0.4 is 5.43 Å². The van der Waals surface area contributed by atoms with E-state index in [4.69, 9.17) is 0 Å². The van der Waals surface area contributed by atoms with Crippen molar-refractivity contribution < 1.29 is 9.59 Å². The SMILES string of the molecule is CCCCCC(CCCCC)C(=O)CC(=O)NN=C(C)C. The molecule has 0 radical (unpaired) electrons. The summed E-state index contributed by atoms with van der Waals surface area (Å²) in [4.78, 5) is 24.0. The van der Waals surface area contributed by atoms with E-state index in [9.17, 15) is 9.59 Å². The van der Waals surface area contributed by atoms with Gasteiger partial charge in [0.1, 0.15) is 5.78 Å². The van der Waals surface area contributed by atoms with E-state index in [-0.39, 0.29) is 24.0 Å². The zero-order chi connectivity index (χ0) is 16.1. The van der Waals surface area contributed by atoms with Crippen LogP contribution in [0.1, 0.15) is 85.5 Å². The molecule has 0 aromatic heterocycles. The monoisotopic (exact) mass is 296 g/mol. The summed E-state index contributed by atoms with van der Waals surface area (Å²) in [5.41, 5.74) is 3.21. The van der Waals surface area contributed by atoms with Gasteiger partial charge >= 0.3 is 0 Å². The minimum Gasteiger partial charge on any atom is -0.299 e. The molecular weight excluding hydrogens is 264 g/mol. The lowest BCUT2D eigenvalue weighted by Gasteiger charge is -2.15. The average molecular weight is 296 g/mol. The quantitative estimate of drug-likeness (QED) is 0.253. The van der Waals surface area contributed by atoms with Crippen molar-refractivity contribution in [1.82, 2.24) is 5.43 Å². The number of hydrazone groups is 1. The Balaban J connectivity index is 4.32. The maximum Gasteiger partial charge on any atom is 0.247 e. The second-order valence-corrected chi connectivity index (χ2v) is 5.93. The molecule has 122 valence electrons. The maximum atomic E-state index is 12.3. The molecule has 4 heteroatoms. The van der Waals surface area contributed by atoms with E-state index in [1.807, 2.05) is 0 Å². The van der Waals surface area contributed by atoms with E-state index in [2.05, 4.69) is 24.4 Å². The van der Waals surface area contributed by atoms with Crippen LogP contribution in [0.2, 0.25) is 0 Å². The number of Topliss-reactive ketones (excluding diaryl/α,β-unsaturated/α-hetero) is 1. The van der Waals surface area contributed by atoms with Crippen molar-refractivity contribution >= 4 is 17.4 Å². The first kappa shape index (κ1) is 19.8. The minimum absolute atomic E-state index is 0.0420. The summed E-state index contributed by atoms with van der Waals surface area (Å²) in [6.45, 7) is 7.93. The fourth-order valence-corrected chi connectivity index (χ4v) is 2.26. The number of unbranched alkanes of at least 4 members (excludes halogenated alkanes) is 4. The van der Waals surface area contributed by atoms with Gasteiger partial charge in [-0.2, -0.15) is 5.10 Å². The highest BCUT2D eigenvalue weighted by molar-refractivity contribution is 5.99. The third kappa shape index (κ3) is 11.2. The van der Waals surface area contributed by atoms with E-state index in [1.54, 1.807) is 13.8 Å². The standard InChI is InChI=1S/C17H32N2O2/c1-5-7-9-11-15(12-10-8-6-2)16(20)13-17(21)19-18-14(3)4/h15H,5-13H2,1-4H3,(H,19,21). The van der Waals surface area contributed by atoms with Crippen molar-refractivity contribution in [2.24, 2.45) is 11.0 Å². The first-order valence-corrected chi connectivity index (χ1v) is 8.33. The highest BCUT2D eigenvalue weighted by atomic mass is 16.2. The predicted octanol–water partition coefficient (Wildman–Crippen LogP) is 4.23. The summed E-state index contributed by atoms with van der Waals surface area (Å²) in [7, 11) is 0. The van der Waals surface area contributed by atoms with Gasteiger partial charge < -0.3 is 0 Å². The highest BCUT2D eigenvalue weighted by Crippen LogP contribution is 2.20. The van der Waals surface area contributed by atoms with E-state index in [0.717, 1.165) is 57.1 Å². The molecule has 0 aliphatic heterocycles. The van der Waals surface area contributed by atoms with E-state index < -0.39 is 0 Å². The molecule has 0 saturated heterocycles. The van der Waals surface area contributed by atoms with Crippen LogP contribution in [0.15, 0.2) is 5.10 Å². The van der Waals surface area contributed by atoms with Crippen LogP contribution in [0.4, 0.5) is 0 Å². The summed E-state index contributed by atoms with van der Waals surface area (Å²) in [5.74, 6) is -0.179. The Morgan fingerprint density at radius 2 is 1.48 bits per heavy atom. The summed E-state index contributed by atoms with van der Waals surface area (Å²) >= 11 is 0. The molecule has 0 heterocycles. The lowest BCUT2D eigenvalue weighted by atomic mass is 9.89. The lowest BCUT2D eigenvalue weighted by Crippen LogP contribution is -2.25. The van der Waals surface area contributed by atoms with Crippen molar-refractivity contribution in [3.05, 3.63) is 0 Å². The number of amides is 1. The molecule has 0 aromatic rings. The summed E-state index contributed by atoms with van der Waals surface area (Å²) in [6, 6.07) is 0.